The predicted molar refractivity (Wildman–Crippen MR) is 116 cm³/mol. The monoisotopic (exact) mass is 430 g/mol. The smallest absolute Gasteiger partial charge is 0.306 e. The molecule has 31 heavy (non-hydrogen) atoms. The summed E-state index contributed by atoms with van der Waals surface area (Å²) in [5.74, 6) is 1.21. The van der Waals surface area contributed by atoms with Crippen molar-refractivity contribution < 1.29 is 28.1 Å². The lowest BCUT2D eigenvalue weighted by Crippen LogP contribution is -2.25. The summed E-state index contributed by atoms with van der Waals surface area (Å²) < 4.78 is 35.9. The zero-order valence-electron chi connectivity index (χ0n) is 18.6. The third-order valence-corrected chi connectivity index (χ3v) is 5.64. The van der Waals surface area contributed by atoms with E-state index in [1.54, 1.807) is 26.4 Å². The summed E-state index contributed by atoms with van der Waals surface area (Å²) in [5.41, 5.74) is 1.98. The van der Waals surface area contributed by atoms with Gasteiger partial charge in [0.2, 0.25) is 0 Å². The van der Waals surface area contributed by atoms with Crippen molar-refractivity contribution in [2.24, 2.45) is 17.8 Å². The average Bonchev–Trinajstić information content (AvgIpc) is 3.14. The Labute approximate surface area is 183 Å². The fourth-order valence-corrected chi connectivity index (χ4v) is 4.04. The van der Waals surface area contributed by atoms with Crippen molar-refractivity contribution in [3.8, 4) is 11.5 Å². The summed E-state index contributed by atoms with van der Waals surface area (Å²) in [6.07, 6.45) is 0.872. The molecule has 0 amide bonds. The van der Waals surface area contributed by atoms with E-state index in [-0.39, 0.29) is 42.3 Å². The molecule has 2 aromatic rings. The molecule has 0 unspecified atom stereocenters. The Balaban J connectivity index is 1.78. The van der Waals surface area contributed by atoms with Crippen LogP contribution in [0.2, 0.25) is 0 Å². The number of benzene rings is 2. The fraction of sp³-hybridized carbons (Fsp3) is 0.480. The van der Waals surface area contributed by atoms with E-state index in [2.05, 4.69) is 0 Å². The van der Waals surface area contributed by atoms with Crippen molar-refractivity contribution in [2.45, 2.75) is 32.8 Å². The van der Waals surface area contributed by atoms with Crippen molar-refractivity contribution in [1.29, 1.82) is 0 Å². The van der Waals surface area contributed by atoms with Crippen LogP contribution in [0.15, 0.2) is 42.5 Å². The molecule has 6 heteroatoms. The largest absolute Gasteiger partial charge is 0.493 e. The lowest BCUT2D eigenvalue weighted by molar-refractivity contribution is -0.146. The summed E-state index contributed by atoms with van der Waals surface area (Å²) in [4.78, 5) is 12.2. The van der Waals surface area contributed by atoms with Gasteiger partial charge in [-0.1, -0.05) is 32.0 Å². The second kappa shape index (κ2) is 10.6. The third-order valence-electron chi connectivity index (χ3n) is 5.64. The lowest BCUT2D eigenvalue weighted by atomic mass is 9.84. The molecule has 1 heterocycles. The molecule has 0 N–H and O–H groups in total. The molecule has 5 nitrogen and oxygen atoms in total. The summed E-state index contributed by atoms with van der Waals surface area (Å²) in [7, 11) is 3.22. The molecule has 168 valence electrons. The van der Waals surface area contributed by atoms with Crippen LogP contribution < -0.4 is 9.47 Å². The highest BCUT2D eigenvalue weighted by molar-refractivity contribution is 5.69. The number of esters is 1. The molecule has 2 aromatic carbocycles. The first-order chi connectivity index (χ1) is 14.9. The highest BCUT2D eigenvalue weighted by Gasteiger charge is 2.39. The number of hydrogen-bond donors (Lipinski definition) is 0. The number of methoxy groups -OCH3 is 2. The van der Waals surface area contributed by atoms with E-state index in [9.17, 15) is 9.18 Å². The highest BCUT2D eigenvalue weighted by Crippen LogP contribution is 2.41. The Kier molecular flexibility index (Phi) is 7.91. The lowest BCUT2D eigenvalue weighted by Gasteiger charge is -2.23. The van der Waals surface area contributed by atoms with Gasteiger partial charge in [0.1, 0.15) is 5.82 Å². The molecule has 0 aromatic heterocycles. The maximum atomic E-state index is 13.4. The summed E-state index contributed by atoms with van der Waals surface area (Å²) >= 11 is 0. The number of hydrogen-bond acceptors (Lipinski definition) is 5. The molecule has 3 atom stereocenters. The molecule has 0 bridgehead atoms. The van der Waals surface area contributed by atoms with E-state index in [0.29, 0.717) is 24.5 Å². The number of halogens is 1. The molecular formula is C25H31FO5. The SMILES string of the molecule is COc1ccc(C[C@H]2CO[C@H](c3ccc(F)cc3)[C@H]2COC(=O)CC(C)C)cc1OC. The van der Waals surface area contributed by atoms with Crippen LogP contribution in [-0.2, 0) is 20.7 Å². The van der Waals surface area contributed by atoms with Crippen molar-refractivity contribution in [3.05, 3.63) is 59.4 Å². The van der Waals surface area contributed by atoms with Crippen LogP contribution in [0.3, 0.4) is 0 Å². The van der Waals surface area contributed by atoms with Gasteiger partial charge in [0.15, 0.2) is 11.5 Å². The van der Waals surface area contributed by atoms with Crippen molar-refractivity contribution >= 4 is 5.97 Å². The maximum Gasteiger partial charge on any atom is 0.306 e. The summed E-state index contributed by atoms with van der Waals surface area (Å²) in [5, 5.41) is 0. The molecule has 0 radical (unpaired) electrons. The van der Waals surface area contributed by atoms with Gasteiger partial charge in [0.25, 0.3) is 0 Å². The van der Waals surface area contributed by atoms with Crippen LogP contribution in [0, 0.1) is 23.6 Å². The molecule has 1 fully saturated rings. The van der Waals surface area contributed by atoms with Crippen molar-refractivity contribution in [3.63, 3.8) is 0 Å². The summed E-state index contributed by atoms with van der Waals surface area (Å²) in [6.45, 7) is 4.77. The Hall–Kier alpha value is -2.60. The zero-order chi connectivity index (χ0) is 22.4. The van der Waals surface area contributed by atoms with Gasteiger partial charge >= 0.3 is 5.97 Å². The average molecular weight is 431 g/mol. The van der Waals surface area contributed by atoms with Crippen molar-refractivity contribution in [1.82, 2.24) is 0 Å². The molecule has 1 aliphatic rings. The first-order valence-corrected chi connectivity index (χ1v) is 10.6. The fourth-order valence-electron chi connectivity index (χ4n) is 4.04. The minimum atomic E-state index is -0.288. The van der Waals surface area contributed by atoms with Crippen LogP contribution in [0.1, 0.15) is 37.5 Å². The molecule has 0 aliphatic carbocycles. The molecule has 1 saturated heterocycles. The van der Waals surface area contributed by atoms with E-state index < -0.39 is 0 Å². The van der Waals surface area contributed by atoms with Gasteiger partial charge in [0.05, 0.1) is 33.5 Å². The Bertz CT molecular complexity index is 865. The van der Waals surface area contributed by atoms with Gasteiger partial charge in [-0.05, 0) is 53.6 Å². The van der Waals surface area contributed by atoms with Crippen molar-refractivity contribution in [2.75, 3.05) is 27.4 Å². The van der Waals surface area contributed by atoms with Gasteiger partial charge in [-0.15, -0.1) is 0 Å². The van der Waals surface area contributed by atoms with Gasteiger partial charge in [-0.3, -0.25) is 4.79 Å². The summed E-state index contributed by atoms with van der Waals surface area (Å²) in [6, 6.07) is 12.2. The number of carbonyl (C=O) groups is 1. The normalized spacial score (nSPS) is 20.6. The van der Waals surface area contributed by atoms with Crippen LogP contribution in [0.25, 0.3) is 0 Å². The van der Waals surface area contributed by atoms with E-state index in [1.165, 1.54) is 12.1 Å². The third kappa shape index (κ3) is 5.97. The zero-order valence-corrected chi connectivity index (χ0v) is 18.6. The maximum absolute atomic E-state index is 13.4. The number of rotatable bonds is 9. The van der Waals surface area contributed by atoms with E-state index in [0.717, 1.165) is 17.5 Å². The second-order valence-corrected chi connectivity index (χ2v) is 8.40. The van der Waals surface area contributed by atoms with Crippen LogP contribution in [0.5, 0.6) is 11.5 Å². The van der Waals surface area contributed by atoms with E-state index in [1.807, 2.05) is 32.0 Å². The Morgan fingerprint density at radius 1 is 1.10 bits per heavy atom. The van der Waals surface area contributed by atoms with Crippen LogP contribution >= 0.6 is 0 Å². The molecule has 0 saturated carbocycles. The Morgan fingerprint density at radius 2 is 1.81 bits per heavy atom. The standard InChI is InChI=1S/C25H31FO5/c1-16(2)11-24(27)30-15-21-19(12-17-5-10-22(28-3)23(13-17)29-4)14-31-25(21)18-6-8-20(26)9-7-18/h5-10,13,16,19,21,25H,11-12,14-15H2,1-4H3/t19-,21-,25+/m0/s1. The van der Waals surface area contributed by atoms with Gasteiger partial charge in [0, 0.05) is 12.3 Å². The van der Waals surface area contributed by atoms with E-state index in [4.69, 9.17) is 18.9 Å². The second-order valence-electron chi connectivity index (χ2n) is 8.40. The first kappa shape index (κ1) is 23.1. The molecule has 3 rings (SSSR count). The topological polar surface area (TPSA) is 54.0 Å². The molecular weight excluding hydrogens is 399 g/mol. The van der Waals surface area contributed by atoms with Gasteiger partial charge < -0.3 is 18.9 Å². The Morgan fingerprint density at radius 3 is 2.45 bits per heavy atom. The minimum Gasteiger partial charge on any atom is -0.493 e. The minimum absolute atomic E-state index is 0.0327. The quantitative estimate of drug-likeness (QED) is 0.525. The van der Waals surface area contributed by atoms with E-state index >= 15 is 0 Å². The first-order valence-electron chi connectivity index (χ1n) is 10.6. The van der Waals surface area contributed by atoms with Crippen LogP contribution in [0.4, 0.5) is 4.39 Å². The molecule has 0 spiro atoms. The number of carbonyl (C=O) groups excluding carboxylic acids is 1. The van der Waals surface area contributed by atoms with Gasteiger partial charge in [-0.2, -0.15) is 0 Å². The predicted octanol–water partition coefficient (Wildman–Crippen LogP) is 4.98. The highest BCUT2D eigenvalue weighted by atomic mass is 19.1. The van der Waals surface area contributed by atoms with Gasteiger partial charge in [-0.25, -0.2) is 4.39 Å². The molecule has 1 aliphatic heterocycles. The van der Waals surface area contributed by atoms with Crippen LogP contribution in [-0.4, -0.2) is 33.4 Å². The number of ether oxygens (including phenoxy) is 4.